The molecule has 1 aromatic carbocycles. The number of pyridine rings is 1. The summed E-state index contributed by atoms with van der Waals surface area (Å²) < 4.78 is 6.92. The number of rotatable bonds is 5. The number of hydrogen-bond donors (Lipinski definition) is 1. The molecule has 0 spiro atoms. The van der Waals surface area contributed by atoms with E-state index in [4.69, 9.17) is 4.74 Å². The second-order valence-electron chi connectivity index (χ2n) is 6.22. The van der Waals surface area contributed by atoms with E-state index in [2.05, 4.69) is 10.2 Å². The quantitative estimate of drug-likeness (QED) is 0.900. The van der Waals surface area contributed by atoms with Crippen LogP contribution in [0, 0.1) is 6.92 Å². The van der Waals surface area contributed by atoms with Crippen LogP contribution in [0.5, 0.6) is 0 Å². The van der Waals surface area contributed by atoms with Crippen molar-refractivity contribution in [3.63, 3.8) is 0 Å². The van der Waals surface area contributed by atoms with Crippen molar-refractivity contribution in [2.75, 3.05) is 38.2 Å². The minimum atomic E-state index is -0.219. The smallest absolute Gasteiger partial charge is 0.257 e. The van der Waals surface area contributed by atoms with Gasteiger partial charge in [-0.2, -0.15) is 0 Å². The number of nitrogens with zero attached hydrogens (tertiary/aromatic N) is 2. The minimum Gasteiger partial charge on any atom is -0.379 e. The number of nitrogens with one attached hydrogen (secondary N) is 1. The molecule has 1 aromatic heterocycles. The monoisotopic (exact) mass is 341 g/mol. The third-order valence-electron chi connectivity index (χ3n) is 4.32. The Kier molecular flexibility index (Phi) is 5.63. The van der Waals surface area contributed by atoms with Crippen molar-refractivity contribution in [3.05, 3.63) is 64.1 Å². The highest BCUT2D eigenvalue weighted by atomic mass is 16.5. The van der Waals surface area contributed by atoms with Gasteiger partial charge in [-0.3, -0.25) is 14.5 Å². The van der Waals surface area contributed by atoms with E-state index in [1.807, 2.05) is 31.2 Å². The number of aromatic nitrogens is 1. The van der Waals surface area contributed by atoms with Gasteiger partial charge in [0, 0.05) is 44.1 Å². The van der Waals surface area contributed by atoms with Crippen LogP contribution in [-0.2, 0) is 11.3 Å². The molecule has 0 unspecified atom stereocenters. The van der Waals surface area contributed by atoms with Gasteiger partial charge in [0.1, 0.15) is 0 Å². The molecule has 0 aliphatic carbocycles. The Morgan fingerprint density at radius 3 is 2.52 bits per heavy atom. The highest BCUT2D eigenvalue weighted by Gasteiger charge is 2.12. The van der Waals surface area contributed by atoms with E-state index in [1.165, 1.54) is 6.07 Å². The molecule has 25 heavy (non-hydrogen) atoms. The summed E-state index contributed by atoms with van der Waals surface area (Å²) >= 11 is 0. The van der Waals surface area contributed by atoms with Crippen LogP contribution < -0.4 is 10.9 Å². The molecule has 1 N–H and O–H groups in total. The maximum atomic E-state index is 12.4. The van der Waals surface area contributed by atoms with Crippen LogP contribution in [0.1, 0.15) is 15.9 Å². The van der Waals surface area contributed by atoms with E-state index in [0.29, 0.717) is 12.1 Å². The van der Waals surface area contributed by atoms with Crippen LogP contribution in [0.2, 0.25) is 0 Å². The van der Waals surface area contributed by atoms with E-state index in [0.717, 1.165) is 44.1 Å². The lowest BCUT2D eigenvalue weighted by molar-refractivity contribution is 0.0363. The summed E-state index contributed by atoms with van der Waals surface area (Å²) in [4.78, 5) is 26.7. The van der Waals surface area contributed by atoms with Gasteiger partial charge >= 0.3 is 0 Å². The lowest BCUT2D eigenvalue weighted by atomic mass is 10.2. The number of morpholine rings is 1. The predicted octanol–water partition coefficient (Wildman–Crippen LogP) is 1.74. The fourth-order valence-electron chi connectivity index (χ4n) is 2.75. The first-order valence-electron chi connectivity index (χ1n) is 8.50. The first kappa shape index (κ1) is 17.4. The molecular weight excluding hydrogens is 318 g/mol. The number of aryl methyl sites for hydroxylation is 1. The average Bonchev–Trinajstić information content (AvgIpc) is 2.64. The molecule has 0 bridgehead atoms. The normalized spacial score (nSPS) is 15.1. The van der Waals surface area contributed by atoms with Crippen LogP contribution in [-0.4, -0.2) is 48.2 Å². The molecule has 1 amide bonds. The predicted molar refractivity (Wildman–Crippen MR) is 97.1 cm³/mol. The number of carbonyl (C=O) groups excluding carboxylic acids is 1. The van der Waals surface area contributed by atoms with Gasteiger partial charge in [-0.1, -0.05) is 17.7 Å². The van der Waals surface area contributed by atoms with Crippen LogP contribution in [0.4, 0.5) is 5.69 Å². The van der Waals surface area contributed by atoms with E-state index in [1.54, 1.807) is 16.8 Å². The summed E-state index contributed by atoms with van der Waals surface area (Å²) in [5.74, 6) is -0.219. The molecule has 0 saturated carbocycles. The average molecular weight is 341 g/mol. The molecule has 0 atom stereocenters. The third kappa shape index (κ3) is 4.78. The summed E-state index contributed by atoms with van der Waals surface area (Å²) in [5, 5.41) is 2.86. The van der Waals surface area contributed by atoms with Gasteiger partial charge < -0.3 is 14.6 Å². The fraction of sp³-hybridized carbons (Fsp3) is 0.368. The first-order valence-corrected chi connectivity index (χ1v) is 8.50. The molecule has 6 heteroatoms. The van der Waals surface area contributed by atoms with Crippen molar-refractivity contribution in [1.82, 2.24) is 9.47 Å². The first-order chi connectivity index (χ1) is 12.1. The molecule has 2 aromatic rings. The van der Waals surface area contributed by atoms with Gasteiger partial charge in [0.2, 0.25) is 0 Å². The number of hydrogen-bond acceptors (Lipinski definition) is 4. The highest BCUT2D eigenvalue weighted by molar-refractivity contribution is 6.04. The van der Waals surface area contributed by atoms with Crippen molar-refractivity contribution in [2.45, 2.75) is 13.5 Å². The number of ether oxygens (including phenoxy) is 1. The molecule has 1 saturated heterocycles. The molecule has 2 heterocycles. The van der Waals surface area contributed by atoms with E-state index < -0.39 is 0 Å². The Hall–Kier alpha value is -2.44. The fourth-order valence-corrected chi connectivity index (χ4v) is 2.75. The van der Waals surface area contributed by atoms with Crippen LogP contribution in [0.3, 0.4) is 0 Å². The second kappa shape index (κ2) is 8.09. The topological polar surface area (TPSA) is 63.6 Å². The van der Waals surface area contributed by atoms with Crippen molar-refractivity contribution in [2.24, 2.45) is 0 Å². The SMILES string of the molecule is Cc1ccc(NC(=O)c2ccc(=O)n(CCN3CCOCC3)c2)cc1. The molecule has 132 valence electrons. The molecule has 3 rings (SSSR count). The molecule has 0 radical (unpaired) electrons. The van der Waals surface area contributed by atoms with Gasteiger partial charge in [0.05, 0.1) is 18.8 Å². The second-order valence-corrected chi connectivity index (χ2v) is 6.22. The molecule has 6 nitrogen and oxygen atoms in total. The maximum absolute atomic E-state index is 12.4. The lowest BCUT2D eigenvalue weighted by Gasteiger charge is -2.26. The minimum absolute atomic E-state index is 0.0971. The van der Waals surface area contributed by atoms with Crippen molar-refractivity contribution in [1.29, 1.82) is 0 Å². The number of anilines is 1. The Morgan fingerprint density at radius 2 is 1.80 bits per heavy atom. The molecule has 1 fully saturated rings. The van der Waals surface area contributed by atoms with Gasteiger partial charge in [0.15, 0.2) is 0 Å². The van der Waals surface area contributed by atoms with Crippen LogP contribution >= 0.6 is 0 Å². The Balaban J connectivity index is 1.66. The van der Waals surface area contributed by atoms with E-state index in [-0.39, 0.29) is 11.5 Å². The van der Waals surface area contributed by atoms with Gasteiger partial charge in [-0.05, 0) is 25.1 Å². The summed E-state index contributed by atoms with van der Waals surface area (Å²) in [6.45, 7) is 6.54. The molecule has 1 aliphatic heterocycles. The summed E-state index contributed by atoms with van der Waals surface area (Å²) in [6.07, 6.45) is 1.63. The summed E-state index contributed by atoms with van der Waals surface area (Å²) in [6, 6.07) is 10.6. The highest BCUT2D eigenvalue weighted by Crippen LogP contribution is 2.10. The molecular formula is C19H23N3O3. The van der Waals surface area contributed by atoms with Crippen LogP contribution in [0.15, 0.2) is 47.4 Å². The van der Waals surface area contributed by atoms with E-state index >= 15 is 0 Å². The Bertz CT molecular complexity index is 777. The number of benzene rings is 1. The van der Waals surface area contributed by atoms with E-state index in [9.17, 15) is 9.59 Å². The Labute approximate surface area is 147 Å². The molecule has 1 aliphatic rings. The van der Waals surface area contributed by atoms with Crippen molar-refractivity contribution < 1.29 is 9.53 Å². The zero-order valence-corrected chi connectivity index (χ0v) is 14.4. The lowest BCUT2D eigenvalue weighted by Crippen LogP contribution is -2.39. The zero-order chi connectivity index (χ0) is 17.6. The van der Waals surface area contributed by atoms with Gasteiger partial charge in [0.25, 0.3) is 11.5 Å². The summed E-state index contributed by atoms with van der Waals surface area (Å²) in [5.41, 5.74) is 2.25. The van der Waals surface area contributed by atoms with Crippen LogP contribution in [0.25, 0.3) is 0 Å². The van der Waals surface area contributed by atoms with Crippen molar-refractivity contribution >= 4 is 11.6 Å². The summed E-state index contributed by atoms with van der Waals surface area (Å²) in [7, 11) is 0. The number of amides is 1. The third-order valence-corrected chi connectivity index (χ3v) is 4.32. The van der Waals surface area contributed by atoms with Crippen molar-refractivity contribution in [3.8, 4) is 0 Å². The largest absolute Gasteiger partial charge is 0.379 e. The van der Waals surface area contributed by atoms with Gasteiger partial charge in [-0.15, -0.1) is 0 Å². The number of carbonyl (C=O) groups is 1. The standard InChI is InChI=1S/C19H23N3O3/c1-15-2-5-17(6-3-15)20-19(24)16-4-7-18(23)22(14-16)9-8-21-10-12-25-13-11-21/h2-7,14H,8-13H2,1H3,(H,20,24). The Morgan fingerprint density at radius 1 is 1.08 bits per heavy atom. The van der Waals surface area contributed by atoms with Gasteiger partial charge in [-0.25, -0.2) is 0 Å². The zero-order valence-electron chi connectivity index (χ0n) is 14.4. The maximum Gasteiger partial charge on any atom is 0.257 e.